The summed E-state index contributed by atoms with van der Waals surface area (Å²) in [6, 6.07) is 0. The van der Waals surface area contributed by atoms with Crippen LogP contribution in [0.5, 0.6) is 0 Å². The van der Waals surface area contributed by atoms with Crippen molar-refractivity contribution in [2.75, 3.05) is 33.7 Å². The Labute approximate surface area is 83.7 Å². The molecule has 0 amide bonds. The fraction of sp³-hybridized carbons (Fsp3) is 1.00. The van der Waals surface area contributed by atoms with Crippen LogP contribution in [0.4, 0.5) is 0 Å². The van der Waals surface area contributed by atoms with E-state index in [1.165, 1.54) is 25.8 Å². The molecule has 2 heteroatoms. The number of rotatable bonds is 8. The molecule has 0 fully saturated rings. The Hall–Kier alpha value is -0.0800. The average molecular weight is 186 g/mol. The molecule has 0 aliphatic carbocycles. The molecule has 1 unspecified atom stereocenters. The molecule has 2 nitrogen and oxygen atoms in total. The molecule has 0 aliphatic heterocycles. The van der Waals surface area contributed by atoms with Gasteiger partial charge >= 0.3 is 0 Å². The van der Waals surface area contributed by atoms with Crippen molar-refractivity contribution >= 4 is 0 Å². The molecule has 0 rings (SSSR count). The van der Waals surface area contributed by atoms with Crippen LogP contribution in [-0.4, -0.2) is 38.6 Å². The summed E-state index contributed by atoms with van der Waals surface area (Å²) in [7, 11) is 4.21. The molecule has 0 heterocycles. The predicted molar refractivity (Wildman–Crippen MR) is 60.1 cm³/mol. The van der Waals surface area contributed by atoms with Crippen molar-refractivity contribution in [1.82, 2.24) is 10.2 Å². The molecule has 0 aromatic rings. The minimum Gasteiger partial charge on any atom is -0.318 e. The van der Waals surface area contributed by atoms with Gasteiger partial charge < -0.3 is 10.2 Å². The second-order valence-electron chi connectivity index (χ2n) is 4.06. The molecule has 0 bridgehead atoms. The number of hydrogen-bond acceptors (Lipinski definition) is 2. The first-order valence-corrected chi connectivity index (χ1v) is 5.53. The molecular formula is C11H26N2. The summed E-state index contributed by atoms with van der Waals surface area (Å²) in [5.74, 6) is 0.901. The zero-order chi connectivity index (χ0) is 10.1. The van der Waals surface area contributed by atoms with Crippen molar-refractivity contribution in [3.05, 3.63) is 0 Å². The van der Waals surface area contributed by atoms with Gasteiger partial charge in [0.2, 0.25) is 0 Å². The monoisotopic (exact) mass is 186 g/mol. The van der Waals surface area contributed by atoms with E-state index in [1.54, 1.807) is 0 Å². The zero-order valence-electron chi connectivity index (χ0n) is 9.77. The maximum Gasteiger partial charge on any atom is 0.0104 e. The lowest BCUT2D eigenvalue weighted by Crippen LogP contribution is -2.28. The standard InChI is InChI=1S/C11H26N2/c1-5-11(2)7-6-9-13(4)10-8-12-3/h11-12H,5-10H2,1-4H3. The molecular weight excluding hydrogens is 160 g/mol. The summed E-state index contributed by atoms with van der Waals surface area (Å²) < 4.78 is 0. The highest BCUT2D eigenvalue weighted by molar-refractivity contribution is 4.56. The summed E-state index contributed by atoms with van der Waals surface area (Å²) in [4.78, 5) is 2.40. The van der Waals surface area contributed by atoms with Crippen LogP contribution in [0.15, 0.2) is 0 Å². The first-order chi connectivity index (χ1) is 6.20. The Bertz CT molecular complexity index is 104. The number of nitrogens with zero attached hydrogens (tertiary/aromatic N) is 1. The topological polar surface area (TPSA) is 15.3 Å². The summed E-state index contributed by atoms with van der Waals surface area (Å²) in [6.07, 6.45) is 4.04. The molecule has 1 atom stereocenters. The van der Waals surface area contributed by atoms with Crippen LogP contribution in [0.1, 0.15) is 33.1 Å². The summed E-state index contributed by atoms with van der Waals surface area (Å²) >= 11 is 0. The van der Waals surface area contributed by atoms with Crippen molar-refractivity contribution in [1.29, 1.82) is 0 Å². The van der Waals surface area contributed by atoms with E-state index in [2.05, 4.69) is 31.1 Å². The third kappa shape index (κ3) is 8.26. The Morgan fingerprint density at radius 1 is 1.31 bits per heavy atom. The quantitative estimate of drug-likeness (QED) is 0.623. The Morgan fingerprint density at radius 2 is 2.00 bits per heavy atom. The van der Waals surface area contributed by atoms with Gasteiger partial charge in [-0.15, -0.1) is 0 Å². The number of nitrogens with one attached hydrogen (secondary N) is 1. The Balaban J connectivity index is 3.21. The largest absolute Gasteiger partial charge is 0.318 e. The summed E-state index contributed by atoms with van der Waals surface area (Å²) in [5.41, 5.74) is 0. The molecule has 0 aromatic heterocycles. The molecule has 0 aliphatic rings. The van der Waals surface area contributed by atoms with Gasteiger partial charge in [0, 0.05) is 13.1 Å². The van der Waals surface area contributed by atoms with Crippen molar-refractivity contribution in [3.8, 4) is 0 Å². The van der Waals surface area contributed by atoms with Crippen LogP contribution in [0, 0.1) is 5.92 Å². The lowest BCUT2D eigenvalue weighted by Gasteiger charge is -2.17. The van der Waals surface area contributed by atoms with E-state index in [1.807, 2.05) is 7.05 Å². The normalized spacial score (nSPS) is 13.6. The van der Waals surface area contributed by atoms with Crippen LogP contribution in [0.3, 0.4) is 0 Å². The zero-order valence-corrected chi connectivity index (χ0v) is 9.77. The van der Waals surface area contributed by atoms with E-state index >= 15 is 0 Å². The smallest absolute Gasteiger partial charge is 0.0104 e. The molecule has 1 N–H and O–H groups in total. The van der Waals surface area contributed by atoms with Crippen molar-refractivity contribution in [3.63, 3.8) is 0 Å². The molecule has 13 heavy (non-hydrogen) atoms. The van der Waals surface area contributed by atoms with Gasteiger partial charge in [0.1, 0.15) is 0 Å². The van der Waals surface area contributed by atoms with Crippen LogP contribution >= 0.6 is 0 Å². The van der Waals surface area contributed by atoms with Gasteiger partial charge in [-0.1, -0.05) is 20.3 Å². The van der Waals surface area contributed by atoms with E-state index in [4.69, 9.17) is 0 Å². The van der Waals surface area contributed by atoms with Crippen LogP contribution in [-0.2, 0) is 0 Å². The lowest BCUT2D eigenvalue weighted by atomic mass is 10.0. The van der Waals surface area contributed by atoms with Gasteiger partial charge in [0.15, 0.2) is 0 Å². The van der Waals surface area contributed by atoms with E-state index in [9.17, 15) is 0 Å². The first-order valence-electron chi connectivity index (χ1n) is 5.53. The van der Waals surface area contributed by atoms with Crippen LogP contribution in [0.25, 0.3) is 0 Å². The third-order valence-corrected chi connectivity index (χ3v) is 2.68. The Kier molecular flexibility index (Phi) is 8.46. The first kappa shape index (κ1) is 12.9. The second kappa shape index (κ2) is 8.52. The van der Waals surface area contributed by atoms with Gasteiger partial charge in [0.25, 0.3) is 0 Å². The fourth-order valence-corrected chi connectivity index (χ4v) is 1.33. The van der Waals surface area contributed by atoms with E-state index in [0.29, 0.717) is 0 Å². The highest BCUT2D eigenvalue weighted by Gasteiger charge is 2.00. The molecule has 0 aromatic carbocycles. The SMILES string of the molecule is CCC(C)CCCN(C)CCNC. The molecule has 0 radical (unpaired) electrons. The highest BCUT2D eigenvalue weighted by atomic mass is 15.1. The summed E-state index contributed by atoms with van der Waals surface area (Å²) in [5, 5.41) is 3.17. The second-order valence-corrected chi connectivity index (χ2v) is 4.06. The maximum atomic E-state index is 3.17. The van der Waals surface area contributed by atoms with Crippen molar-refractivity contribution in [2.24, 2.45) is 5.92 Å². The minimum absolute atomic E-state index is 0.901. The van der Waals surface area contributed by atoms with Crippen molar-refractivity contribution in [2.45, 2.75) is 33.1 Å². The number of hydrogen-bond donors (Lipinski definition) is 1. The molecule has 0 saturated heterocycles. The van der Waals surface area contributed by atoms with Gasteiger partial charge in [-0.2, -0.15) is 0 Å². The minimum atomic E-state index is 0.901. The van der Waals surface area contributed by atoms with E-state index in [0.717, 1.165) is 19.0 Å². The fourth-order valence-electron chi connectivity index (χ4n) is 1.33. The molecule has 0 spiro atoms. The average Bonchev–Trinajstić information content (AvgIpc) is 2.14. The van der Waals surface area contributed by atoms with Crippen molar-refractivity contribution < 1.29 is 0 Å². The summed E-state index contributed by atoms with van der Waals surface area (Å²) in [6.45, 7) is 8.12. The van der Waals surface area contributed by atoms with Crippen LogP contribution in [0.2, 0.25) is 0 Å². The van der Waals surface area contributed by atoms with Gasteiger partial charge in [-0.3, -0.25) is 0 Å². The maximum absolute atomic E-state index is 3.17. The van der Waals surface area contributed by atoms with E-state index in [-0.39, 0.29) is 0 Å². The lowest BCUT2D eigenvalue weighted by molar-refractivity contribution is 0.315. The van der Waals surface area contributed by atoms with E-state index < -0.39 is 0 Å². The van der Waals surface area contributed by atoms with Gasteiger partial charge in [-0.05, 0) is 39.4 Å². The highest BCUT2D eigenvalue weighted by Crippen LogP contribution is 2.09. The van der Waals surface area contributed by atoms with Gasteiger partial charge in [0.05, 0.1) is 0 Å². The molecule has 80 valence electrons. The number of likely N-dealkylation sites (N-methyl/N-ethyl adjacent to an activating group) is 2. The van der Waals surface area contributed by atoms with Gasteiger partial charge in [-0.25, -0.2) is 0 Å². The molecule has 0 saturated carbocycles. The van der Waals surface area contributed by atoms with Crippen LogP contribution < -0.4 is 5.32 Å². The Morgan fingerprint density at radius 3 is 2.54 bits per heavy atom. The predicted octanol–water partition coefficient (Wildman–Crippen LogP) is 1.96. The third-order valence-electron chi connectivity index (χ3n) is 2.68.